The summed E-state index contributed by atoms with van der Waals surface area (Å²) in [6.45, 7) is 4.40. The topological polar surface area (TPSA) is 104 Å². The second kappa shape index (κ2) is 6.19. The molecule has 3 aromatic heterocycles. The van der Waals surface area contributed by atoms with E-state index in [0.29, 0.717) is 29.6 Å². The first-order chi connectivity index (χ1) is 12.2. The molecule has 0 aliphatic rings. The smallest absolute Gasteiger partial charge is 0.231 e. The van der Waals surface area contributed by atoms with Gasteiger partial charge >= 0.3 is 0 Å². The molecule has 1 aromatic carbocycles. The van der Waals surface area contributed by atoms with Crippen molar-refractivity contribution in [3.63, 3.8) is 0 Å². The van der Waals surface area contributed by atoms with E-state index in [1.807, 2.05) is 38.1 Å². The molecule has 0 saturated carbocycles. The average molecular weight is 337 g/mol. The standard InChI is InChI=1S/C16H15N7O2/c1-3-24-12-6-4-11(5-7-12)23-15-13(20-22-23)9-17-16(19-15)18-14-8-10(2)21-25-14/h4-9H,3H2,1-2H3,(H,17,18,19). The zero-order valence-electron chi connectivity index (χ0n) is 13.7. The molecule has 3 heterocycles. The minimum Gasteiger partial charge on any atom is -0.494 e. The molecule has 0 radical (unpaired) electrons. The lowest BCUT2D eigenvalue weighted by Crippen LogP contribution is -2.01. The second-order valence-electron chi connectivity index (χ2n) is 5.29. The van der Waals surface area contributed by atoms with E-state index in [4.69, 9.17) is 9.26 Å². The van der Waals surface area contributed by atoms with E-state index in [2.05, 4.69) is 30.8 Å². The molecule has 0 bridgehead atoms. The highest BCUT2D eigenvalue weighted by molar-refractivity contribution is 5.72. The Bertz CT molecular complexity index is 1010. The van der Waals surface area contributed by atoms with E-state index in [0.717, 1.165) is 17.1 Å². The molecule has 25 heavy (non-hydrogen) atoms. The molecule has 0 aliphatic carbocycles. The molecule has 4 aromatic rings. The summed E-state index contributed by atoms with van der Waals surface area (Å²) in [5.74, 6) is 1.64. The molecular formula is C16H15N7O2. The average Bonchev–Trinajstić information content (AvgIpc) is 3.22. The van der Waals surface area contributed by atoms with Crippen molar-refractivity contribution in [2.75, 3.05) is 11.9 Å². The van der Waals surface area contributed by atoms with Gasteiger partial charge in [0.05, 0.1) is 24.2 Å². The molecule has 126 valence electrons. The zero-order chi connectivity index (χ0) is 17.2. The number of hydrogen-bond donors (Lipinski definition) is 1. The van der Waals surface area contributed by atoms with E-state index in [1.54, 1.807) is 16.9 Å². The van der Waals surface area contributed by atoms with Crippen molar-refractivity contribution in [3.05, 3.63) is 42.2 Å². The van der Waals surface area contributed by atoms with Crippen LogP contribution in [0.2, 0.25) is 0 Å². The third kappa shape index (κ3) is 2.99. The summed E-state index contributed by atoms with van der Waals surface area (Å²) in [5.41, 5.74) is 2.77. The van der Waals surface area contributed by atoms with E-state index >= 15 is 0 Å². The third-order valence-electron chi connectivity index (χ3n) is 3.45. The van der Waals surface area contributed by atoms with Gasteiger partial charge in [0, 0.05) is 6.07 Å². The van der Waals surface area contributed by atoms with Crippen LogP contribution in [0.4, 0.5) is 11.8 Å². The number of nitrogens with zero attached hydrogens (tertiary/aromatic N) is 6. The summed E-state index contributed by atoms with van der Waals surface area (Å²) in [6.07, 6.45) is 1.60. The lowest BCUT2D eigenvalue weighted by Gasteiger charge is -2.05. The zero-order valence-corrected chi connectivity index (χ0v) is 13.7. The van der Waals surface area contributed by atoms with E-state index < -0.39 is 0 Å². The second-order valence-corrected chi connectivity index (χ2v) is 5.29. The molecule has 0 unspecified atom stereocenters. The molecular weight excluding hydrogens is 322 g/mol. The van der Waals surface area contributed by atoms with Gasteiger partial charge in [0.1, 0.15) is 5.75 Å². The van der Waals surface area contributed by atoms with Crippen molar-refractivity contribution in [2.45, 2.75) is 13.8 Å². The summed E-state index contributed by atoms with van der Waals surface area (Å²) in [7, 11) is 0. The van der Waals surface area contributed by atoms with E-state index in [9.17, 15) is 0 Å². The van der Waals surface area contributed by atoms with Crippen molar-refractivity contribution < 1.29 is 9.26 Å². The SMILES string of the molecule is CCOc1ccc(-n2nnc3cnc(Nc4cc(C)no4)nc32)cc1. The van der Waals surface area contributed by atoms with Gasteiger partial charge in [0.25, 0.3) is 0 Å². The Balaban J connectivity index is 1.68. The van der Waals surface area contributed by atoms with Gasteiger partial charge in [-0.3, -0.25) is 5.32 Å². The van der Waals surface area contributed by atoms with Crippen LogP contribution in [-0.4, -0.2) is 36.7 Å². The summed E-state index contributed by atoms with van der Waals surface area (Å²) in [5, 5.41) is 15.0. The monoisotopic (exact) mass is 337 g/mol. The maximum Gasteiger partial charge on any atom is 0.231 e. The van der Waals surface area contributed by atoms with Crippen molar-refractivity contribution >= 4 is 23.0 Å². The minimum atomic E-state index is 0.373. The fraction of sp³-hybridized carbons (Fsp3) is 0.188. The highest BCUT2D eigenvalue weighted by atomic mass is 16.5. The first kappa shape index (κ1) is 15.1. The molecule has 4 rings (SSSR count). The number of hydrogen-bond acceptors (Lipinski definition) is 8. The first-order valence-electron chi connectivity index (χ1n) is 7.75. The highest BCUT2D eigenvalue weighted by Crippen LogP contribution is 2.20. The highest BCUT2D eigenvalue weighted by Gasteiger charge is 2.11. The quantitative estimate of drug-likeness (QED) is 0.593. The maximum absolute atomic E-state index is 5.46. The number of rotatable bonds is 5. The number of aryl methyl sites for hydroxylation is 1. The largest absolute Gasteiger partial charge is 0.494 e. The maximum atomic E-state index is 5.46. The van der Waals surface area contributed by atoms with Gasteiger partial charge in [-0.05, 0) is 38.1 Å². The Morgan fingerprint density at radius 3 is 2.80 bits per heavy atom. The summed E-state index contributed by atoms with van der Waals surface area (Å²) in [4.78, 5) is 8.68. The van der Waals surface area contributed by atoms with E-state index in [1.165, 1.54) is 0 Å². The van der Waals surface area contributed by atoms with Crippen LogP contribution in [0.25, 0.3) is 16.9 Å². The van der Waals surface area contributed by atoms with Crippen LogP contribution in [0.5, 0.6) is 5.75 Å². The molecule has 9 nitrogen and oxygen atoms in total. The number of ether oxygens (including phenoxy) is 1. The molecule has 0 atom stereocenters. The van der Waals surface area contributed by atoms with Gasteiger partial charge in [-0.25, -0.2) is 4.98 Å². The number of fused-ring (bicyclic) bond motifs is 1. The number of nitrogens with one attached hydrogen (secondary N) is 1. The van der Waals surface area contributed by atoms with Crippen LogP contribution < -0.4 is 10.1 Å². The van der Waals surface area contributed by atoms with Crippen LogP contribution in [0, 0.1) is 6.92 Å². The van der Waals surface area contributed by atoms with Crippen LogP contribution in [0.1, 0.15) is 12.6 Å². The summed E-state index contributed by atoms with van der Waals surface area (Å²) in [6, 6.07) is 9.31. The van der Waals surface area contributed by atoms with Crippen LogP contribution in [0.15, 0.2) is 41.1 Å². The van der Waals surface area contributed by atoms with Crippen molar-refractivity contribution in [2.24, 2.45) is 0 Å². The minimum absolute atomic E-state index is 0.373. The van der Waals surface area contributed by atoms with Crippen molar-refractivity contribution in [1.82, 2.24) is 30.1 Å². The Kier molecular flexibility index (Phi) is 3.73. The Labute approximate surface area is 142 Å². The molecule has 9 heteroatoms. The van der Waals surface area contributed by atoms with Gasteiger partial charge in [-0.1, -0.05) is 10.4 Å². The summed E-state index contributed by atoms with van der Waals surface area (Å²) < 4.78 is 12.2. The molecule has 0 fully saturated rings. The van der Waals surface area contributed by atoms with Gasteiger partial charge < -0.3 is 9.26 Å². The van der Waals surface area contributed by atoms with Crippen LogP contribution in [-0.2, 0) is 0 Å². The molecule has 1 N–H and O–H groups in total. The predicted molar refractivity (Wildman–Crippen MR) is 90.1 cm³/mol. The van der Waals surface area contributed by atoms with Crippen molar-refractivity contribution in [3.8, 4) is 11.4 Å². The van der Waals surface area contributed by atoms with Crippen LogP contribution in [0.3, 0.4) is 0 Å². The fourth-order valence-electron chi connectivity index (χ4n) is 2.35. The number of aromatic nitrogens is 6. The number of benzene rings is 1. The van der Waals surface area contributed by atoms with Gasteiger partial charge in [-0.2, -0.15) is 9.67 Å². The molecule has 0 saturated heterocycles. The molecule has 0 amide bonds. The lowest BCUT2D eigenvalue weighted by atomic mass is 10.3. The van der Waals surface area contributed by atoms with Crippen molar-refractivity contribution in [1.29, 1.82) is 0 Å². The van der Waals surface area contributed by atoms with Gasteiger partial charge in [0.15, 0.2) is 11.2 Å². The number of anilines is 2. The van der Waals surface area contributed by atoms with Crippen LogP contribution >= 0.6 is 0 Å². The fourth-order valence-corrected chi connectivity index (χ4v) is 2.35. The van der Waals surface area contributed by atoms with Gasteiger partial charge in [0.2, 0.25) is 11.8 Å². The molecule has 0 spiro atoms. The lowest BCUT2D eigenvalue weighted by molar-refractivity contribution is 0.340. The summed E-state index contributed by atoms with van der Waals surface area (Å²) >= 11 is 0. The molecule has 0 aliphatic heterocycles. The predicted octanol–water partition coefficient (Wildman–Crippen LogP) is 2.65. The normalized spacial score (nSPS) is 11.0. The van der Waals surface area contributed by atoms with E-state index in [-0.39, 0.29) is 0 Å². The Morgan fingerprint density at radius 1 is 1.24 bits per heavy atom. The van der Waals surface area contributed by atoms with Gasteiger partial charge in [-0.15, -0.1) is 5.10 Å². The Hall–Kier alpha value is -3.49. The Morgan fingerprint density at radius 2 is 2.08 bits per heavy atom. The first-order valence-corrected chi connectivity index (χ1v) is 7.75. The third-order valence-corrected chi connectivity index (χ3v) is 3.45.